The van der Waals surface area contributed by atoms with Crippen LogP contribution in [-0.2, 0) is 4.74 Å². The molecule has 1 unspecified atom stereocenters. The summed E-state index contributed by atoms with van der Waals surface area (Å²) < 4.78 is 40.2. The van der Waals surface area contributed by atoms with Crippen molar-refractivity contribution in [2.75, 3.05) is 13.2 Å². The molecular weight excluding hydrogens is 303 g/mol. The van der Waals surface area contributed by atoms with Crippen LogP contribution in [0.1, 0.15) is 33.2 Å². The molecule has 0 aliphatic carbocycles. The van der Waals surface area contributed by atoms with E-state index >= 15 is 0 Å². The molecule has 1 rings (SSSR count). The van der Waals surface area contributed by atoms with Gasteiger partial charge in [-0.25, -0.2) is 4.79 Å². The Morgan fingerprint density at radius 3 is 2.41 bits per heavy atom. The zero-order chi connectivity index (χ0) is 16.9. The van der Waals surface area contributed by atoms with Crippen LogP contribution in [0.3, 0.4) is 0 Å². The fourth-order valence-electron chi connectivity index (χ4n) is 1.74. The molecule has 1 amide bonds. The first-order valence-corrected chi connectivity index (χ1v) is 6.39. The van der Waals surface area contributed by atoms with Gasteiger partial charge in [0, 0.05) is 11.6 Å². The zero-order valence-corrected chi connectivity index (χ0v) is 12.0. The summed E-state index contributed by atoms with van der Waals surface area (Å²) in [6, 6.07) is 3.46. The van der Waals surface area contributed by atoms with E-state index in [9.17, 15) is 22.8 Å². The second-order valence-corrected chi connectivity index (χ2v) is 4.90. The van der Waals surface area contributed by atoms with E-state index in [0.717, 1.165) is 0 Å². The van der Waals surface area contributed by atoms with Crippen molar-refractivity contribution >= 4 is 11.9 Å². The van der Waals surface area contributed by atoms with Crippen LogP contribution in [-0.4, -0.2) is 42.4 Å². The number of hydrogen-bond acceptors (Lipinski definition) is 3. The number of carboxylic acid groups (broad SMARTS) is 1. The molecule has 0 aliphatic heterocycles. The highest BCUT2D eigenvalue weighted by atomic mass is 19.4. The van der Waals surface area contributed by atoms with Crippen molar-refractivity contribution in [1.29, 1.82) is 0 Å². The summed E-state index contributed by atoms with van der Waals surface area (Å²) in [4.78, 5) is 22.9. The highest BCUT2D eigenvalue weighted by Gasteiger charge is 2.27. The zero-order valence-electron chi connectivity index (χ0n) is 12.0. The molecule has 0 saturated heterocycles. The number of benzene rings is 1. The molecule has 22 heavy (non-hydrogen) atoms. The Balaban J connectivity index is 2.63. The van der Waals surface area contributed by atoms with Crippen molar-refractivity contribution in [3.05, 3.63) is 34.9 Å². The molecule has 2 N–H and O–H groups in total. The van der Waals surface area contributed by atoms with Crippen molar-refractivity contribution in [3.63, 3.8) is 0 Å². The van der Waals surface area contributed by atoms with Crippen molar-refractivity contribution < 1.29 is 32.6 Å². The number of carbonyl (C=O) groups excluding carboxylic acids is 1. The highest BCUT2D eigenvalue weighted by molar-refractivity contribution is 5.97. The Labute approximate surface area is 125 Å². The summed E-state index contributed by atoms with van der Waals surface area (Å²) in [5.74, 6) is -1.74. The average molecular weight is 319 g/mol. The van der Waals surface area contributed by atoms with Gasteiger partial charge in [-0.3, -0.25) is 4.79 Å². The van der Waals surface area contributed by atoms with E-state index in [-0.39, 0.29) is 17.7 Å². The second kappa shape index (κ2) is 7.26. The van der Waals surface area contributed by atoms with Gasteiger partial charge in [0.05, 0.1) is 12.2 Å². The fraction of sp³-hybridized carbons (Fsp3) is 0.429. The normalized spacial score (nSPS) is 12.8. The topological polar surface area (TPSA) is 75.6 Å². The van der Waals surface area contributed by atoms with Gasteiger partial charge in [-0.05, 0) is 37.6 Å². The first-order valence-electron chi connectivity index (χ1n) is 6.39. The van der Waals surface area contributed by atoms with E-state index in [0.29, 0.717) is 5.56 Å². The lowest BCUT2D eigenvalue weighted by Crippen LogP contribution is -2.37. The van der Waals surface area contributed by atoms with Crippen LogP contribution in [0.4, 0.5) is 13.2 Å². The van der Waals surface area contributed by atoms with Gasteiger partial charge in [0.1, 0.15) is 6.61 Å². The number of amides is 1. The number of carboxylic acids is 1. The van der Waals surface area contributed by atoms with Crippen LogP contribution >= 0.6 is 0 Å². The average Bonchev–Trinajstić information content (AvgIpc) is 2.36. The molecular formula is C14H16F3NO4. The summed E-state index contributed by atoms with van der Waals surface area (Å²) in [6.07, 6.45) is -4.42. The van der Waals surface area contributed by atoms with Gasteiger partial charge in [0.15, 0.2) is 0 Å². The fourth-order valence-corrected chi connectivity index (χ4v) is 1.74. The lowest BCUT2D eigenvalue weighted by Gasteiger charge is -2.15. The number of nitrogens with one attached hydrogen (secondary N) is 1. The maximum Gasteiger partial charge on any atom is 0.411 e. The highest BCUT2D eigenvalue weighted by Crippen LogP contribution is 2.14. The third-order valence-corrected chi connectivity index (χ3v) is 2.60. The van der Waals surface area contributed by atoms with E-state index in [1.54, 1.807) is 6.92 Å². The molecule has 0 spiro atoms. The van der Waals surface area contributed by atoms with Crippen molar-refractivity contribution in [1.82, 2.24) is 5.32 Å². The summed E-state index contributed by atoms with van der Waals surface area (Å²) in [6.45, 7) is 1.44. The molecule has 0 bridgehead atoms. The van der Waals surface area contributed by atoms with Gasteiger partial charge in [-0.1, -0.05) is 0 Å². The van der Waals surface area contributed by atoms with Crippen molar-refractivity contribution in [3.8, 4) is 0 Å². The summed E-state index contributed by atoms with van der Waals surface area (Å²) >= 11 is 0. The van der Waals surface area contributed by atoms with E-state index in [1.165, 1.54) is 25.1 Å². The van der Waals surface area contributed by atoms with Gasteiger partial charge >= 0.3 is 12.1 Å². The summed E-state index contributed by atoms with van der Waals surface area (Å²) in [7, 11) is 0. The van der Waals surface area contributed by atoms with Crippen molar-refractivity contribution in [2.45, 2.75) is 26.1 Å². The number of aryl methyl sites for hydroxylation is 1. The maximum absolute atomic E-state index is 12.0. The molecule has 1 aromatic rings. The Morgan fingerprint density at radius 2 is 1.86 bits per heavy atom. The van der Waals surface area contributed by atoms with Crippen LogP contribution in [0.15, 0.2) is 18.2 Å². The monoisotopic (exact) mass is 319 g/mol. The second-order valence-electron chi connectivity index (χ2n) is 4.90. The lowest BCUT2D eigenvalue weighted by atomic mass is 10.1. The molecule has 1 atom stereocenters. The molecule has 8 heteroatoms. The quantitative estimate of drug-likeness (QED) is 0.844. The third-order valence-electron chi connectivity index (χ3n) is 2.60. The molecule has 0 saturated carbocycles. The molecule has 0 heterocycles. The Morgan fingerprint density at radius 1 is 1.27 bits per heavy atom. The molecule has 0 aromatic heterocycles. The number of carbonyl (C=O) groups is 2. The number of hydrogen-bond donors (Lipinski definition) is 2. The molecule has 122 valence electrons. The van der Waals surface area contributed by atoms with Gasteiger partial charge in [-0.15, -0.1) is 0 Å². The minimum absolute atomic E-state index is 0.0360. The Hall–Kier alpha value is -2.09. The molecule has 0 fully saturated rings. The van der Waals surface area contributed by atoms with Gasteiger partial charge in [-0.2, -0.15) is 13.2 Å². The van der Waals surface area contributed by atoms with Crippen LogP contribution < -0.4 is 5.32 Å². The standard InChI is InChI=1S/C14H16F3NO4/c1-8-3-10(5-11(4-8)13(20)21)12(19)18-9(2)6-22-7-14(15,16)17/h3-5,9H,6-7H2,1-2H3,(H,18,19)(H,20,21). The summed E-state index contributed by atoms with van der Waals surface area (Å²) in [5.41, 5.74) is 0.678. The van der Waals surface area contributed by atoms with Crippen LogP contribution in [0, 0.1) is 6.92 Å². The minimum Gasteiger partial charge on any atom is -0.478 e. The third kappa shape index (κ3) is 6.13. The SMILES string of the molecule is Cc1cc(C(=O)O)cc(C(=O)NC(C)COCC(F)(F)F)c1. The Bertz CT molecular complexity index is 558. The number of ether oxygens (including phenoxy) is 1. The molecule has 5 nitrogen and oxygen atoms in total. The largest absolute Gasteiger partial charge is 0.478 e. The van der Waals surface area contributed by atoms with Gasteiger partial charge in [0.25, 0.3) is 5.91 Å². The number of rotatable bonds is 6. The Kier molecular flexibility index (Phi) is 5.92. The van der Waals surface area contributed by atoms with Crippen LogP contribution in [0.5, 0.6) is 0 Å². The number of aromatic carboxylic acids is 1. The van der Waals surface area contributed by atoms with Crippen molar-refractivity contribution in [2.24, 2.45) is 0 Å². The predicted molar refractivity (Wildman–Crippen MR) is 71.9 cm³/mol. The predicted octanol–water partition coefficient (Wildman–Crippen LogP) is 2.39. The lowest BCUT2D eigenvalue weighted by molar-refractivity contribution is -0.174. The minimum atomic E-state index is -4.42. The first kappa shape index (κ1) is 18.0. The van der Waals surface area contributed by atoms with Crippen LogP contribution in [0.25, 0.3) is 0 Å². The number of alkyl halides is 3. The van der Waals surface area contributed by atoms with Crippen LogP contribution in [0.2, 0.25) is 0 Å². The smallest absolute Gasteiger partial charge is 0.411 e. The first-order chi connectivity index (χ1) is 10.1. The van der Waals surface area contributed by atoms with E-state index in [4.69, 9.17) is 5.11 Å². The summed E-state index contributed by atoms with van der Waals surface area (Å²) in [5, 5.41) is 11.4. The van der Waals surface area contributed by atoms with Gasteiger partial charge < -0.3 is 15.2 Å². The van der Waals surface area contributed by atoms with E-state index in [1.807, 2.05) is 0 Å². The van der Waals surface area contributed by atoms with E-state index < -0.39 is 30.7 Å². The molecule has 0 aliphatic rings. The molecule has 1 aromatic carbocycles. The maximum atomic E-state index is 12.0. The molecule has 0 radical (unpaired) electrons. The van der Waals surface area contributed by atoms with E-state index in [2.05, 4.69) is 10.1 Å². The number of halogens is 3. The van der Waals surface area contributed by atoms with Gasteiger partial charge in [0.2, 0.25) is 0 Å².